The zero-order valence-electron chi connectivity index (χ0n) is 26.4. The minimum absolute atomic E-state index is 0.0801. The van der Waals surface area contributed by atoms with Gasteiger partial charge in [0.25, 0.3) is 0 Å². The molecule has 2 aromatic rings. The molecular weight excluding hydrogens is 553 g/mol. The third-order valence-electron chi connectivity index (χ3n) is 8.12. The van der Waals surface area contributed by atoms with Crippen LogP contribution in [0.2, 0.25) is 0 Å². The lowest BCUT2D eigenvalue weighted by atomic mass is 10.0. The van der Waals surface area contributed by atoms with Gasteiger partial charge >= 0.3 is 0 Å². The molecule has 0 heterocycles. The number of benzene rings is 2. The van der Waals surface area contributed by atoms with Crippen molar-refractivity contribution in [2.45, 2.75) is 128 Å². The highest BCUT2D eigenvalue weighted by Crippen LogP contribution is 2.17. The first kappa shape index (κ1) is 36.6. The van der Waals surface area contributed by atoms with Crippen LogP contribution in [0.5, 0.6) is 0 Å². The van der Waals surface area contributed by atoms with E-state index in [1.54, 1.807) is 0 Å². The lowest BCUT2D eigenvalue weighted by molar-refractivity contribution is 0.103. The van der Waals surface area contributed by atoms with Crippen LogP contribution in [0.3, 0.4) is 0 Å². The van der Waals surface area contributed by atoms with E-state index in [4.69, 9.17) is 0 Å². The smallest absolute Gasteiger partial charge is 0.193 e. The van der Waals surface area contributed by atoms with E-state index in [0.29, 0.717) is 0 Å². The predicted octanol–water partition coefficient (Wildman–Crippen LogP) is 11.4. The van der Waals surface area contributed by atoms with Crippen molar-refractivity contribution in [3.05, 3.63) is 59.7 Å². The first-order valence-corrected chi connectivity index (χ1v) is 18.5. The van der Waals surface area contributed by atoms with Crippen LogP contribution in [0, 0.1) is 0 Å². The highest BCUT2D eigenvalue weighted by molar-refractivity contribution is 7.80. The quantitative estimate of drug-likeness (QED) is 0.0439. The summed E-state index contributed by atoms with van der Waals surface area (Å²) in [5.74, 6) is 2.14. The van der Waals surface area contributed by atoms with E-state index >= 15 is 0 Å². The number of nitrogens with one attached hydrogen (secondary N) is 2. The molecule has 2 N–H and O–H groups in total. The number of unbranched alkanes of at least 4 members (excludes halogenated alkanes) is 18. The van der Waals surface area contributed by atoms with Crippen LogP contribution in [0.25, 0.3) is 0 Å². The zero-order chi connectivity index (χ0) is 29.9. The van der Waals surface area contributed by atoms with Gasteiger partial charge in [-0.3, -0.25) is 4.79 Å². The molecule has 236 valence electrons. The van der Waals surface area contributed by atoms with Crippen molar-refractivity contribution in [2.75, 3.05) is 35.2 Å². The SMILES string of the molecule is O=C(c1ccc(NCCCCCCCCCCCCS)cc1)c1ccc(NCCCCCCCCCCCCS)cc1. The third-order valence-corrected chi connectivity index (χ3v) is 8.75. The number of carbonyl (C=O) groups excluding carboxylic acids is 1. The lowest BCUT2D eigenvalue weighted by Gasteiger charge is -2.09. The Morgan fingerprint density at radius 1 is 0.405 bits per heavy atom. The van der Waals surface area contributed by atoms with Crippen molar-refractivity contribution in [2.24, 2.45) is 0 Å². The number of anilines is 2. The summed E-state index contributed by atoms with van der Waals surface area (Å²) in [5, 5.41) is 7.02. The summed E-state index contributed by atoms with van der Waals surface area (Å²) < 4.78 is 0. The monoisotopic (exact) mass is 612 g/mol. The molecule has 0 fully saturated rings. The molecule has 0 aliphatic rings. The molecule has 2 rings (SSSR count). The molecule has 0 aliphatic heterocycles. The van der Waals surface area contributed by atoms with E-state index in [2.05, 4.69) is 35.9 Å². The molecule has 42 heavy (non-hydrogen) atoms. The molecule has 3 nitrogen and oxygen atoms in total. The first-order valence-electron chi connectivity index (χ1n) is 17.2. The summed E-state index contributed by atoms with van der Waals surface area (Å²) in [5.41, 5.74) is 3.66. The van der Waals surface area contributed by atoms with Gasteiger partial charge in [0.1, 0.15) is 0 Å². The van der Waals surface area contributed by atoms with Crippen molar-refractivity contribution < 1.29 is 4.79 Å². The Labute approximate surface area is 269 Å². The fraction of sp³-hybridized carbons (Fsp3) is 0.649. The van der Waals surface area contributed by atoms with Crippen molar-refractivity contribution >= 4 is 42.4 Å². The van der Waals surface area contributed by atoms with Gasteiger partial charge in [0.2, 0.25) is 0 Å². The Hall–Kier alpha value is -1.59. The van der Waals surface area contributed by atoms with Gasteiger partial charge in [-0.05, 0) is 85.7 Å². The molecule has 0 bridgehead atoms. The fourth-order valence-electron chi connectivity index (χ4n) is 5.41. The summed E-state index contributed by atoms with van der Waals surface area (Å²) in [6, 6.07) is 15.9. The van der Waals surface area contributed by atoms with Crippen molar-refractivity contribution in [3.63, 3.8) is 0 Å². The fourth-order valence-corrected chi connectivity index (χ4v) is 5.86. The van der Waals surface area contributed by atoms with Gasteiger partial charge in [-0.1, -0.05) is 103 Å². The third kappa shape index (κ3) is 18.2. The highest BCUT2D eigenvalue weighted by Gasteiger charge is 2.09. The second-order valence-corrected chi connectivity index (χ2v) is 12.8. The number of thiol groups is 2. The van der Waals surface area contributed by atoms with Crippen LogP contribution < -0.4 is 10.6 Å². The number of rotatable bonds is 28. The van der Waals surface area contributed by atoms with Crippen LogP contribution in [0.1, 0.15) is 144 Å². The van der Waals surface area contributed by atoms with Crippen molar-refractivity contribution in [3.8, 4) is 0 Å². The van der Waals surface area contributed by atoms with Crippen molar-refractivity contribution in [1.82, 2.24) is 0 Å². The van der Waals surface area contributed by atoms with Gasteiger partial charge in [0, 0.05) is 35.6 Å². The maximum absolute atomic E-state index is 13.0. The number of hydrogen-bond donors (Lipinski definition) is 4. The Bertz CT molecular complexity index is 827. The van der Waals surface area contributed by atoms with Gasteiger partial charge in [0.05, 0.1) is 0 Å². The number of hydrogen-bond acceptors (Lipinski definition) is 5. The zero-order valence-corrected chi connectivity index (χ0v) is 28.2. The summed E-state index contributed by atoms with van der Waals surface area (Å²) >= 11 is 8.55. The molecule has 2 aromatic carbocycles. The molecule has 0 saturated heterocycles. The Balaban J connectivity index is 1.51. The maximum Gasteiger partial charge on any atom is 0.193 e. The van der Waals surface area contributed by atoms with Gasteiger partial charge in [-0.2, -0.15) is 25.3 Å². The molecule has 0 aliphatic carbocycles. The van der Waals surface area contributed by atoms with Crippen LogP contribution in [0.4, 0.5) is 11.4 Å². The van der Waals surface area contributed by atoms with Crippen LogP contribution in [-0.2, 0) is 0 Å². The van der Waals surface area contributed by atoms with E-state index in [1.165, 1.54) is 128 Å². The minimum atomic E-state index is 0.0801. The van der Waals surface area contributed by atoms with E-state index in [1.807, 2.05) is 48.5 Å². The largest absolute Gasteiger partial charge is 0.385 e. The maximum atomic E-state index is 13.0. The topological polar surface area (TPSA) is 41.1 Å². The minimum Gasteiger partial charge on any atom is -0.385 e. The molecular formula is C37H60N2OS2. The van der Waals surface area contributed by atoms with Gasteiger partial charge < -0.3 is 10.6 Å². The Morgan fingerprint density at radius 3 is 0.952 bits per heavy atom. The normalized spacial score (nSPS) is 11.1. The lowest BCUT2D eigenvalue weighted by Crippen LogP contribution is -2.05. The van der Waals surface area contributed by atoms with E-state index in [9.17, 15) is 4.79 Å². The van der Waals surface area contributed by atoms with Crippen LogP contribution in [0.15, 0.2) is 48.5 Å². The number of carbonyl (C=O) groups is 1. The Morgan fingerprint density at radius 2 is 0.667 bits per heavy atom. The van der Waals surface area contributed by atoms with Crippen molar-refractivity contribution in [1.29, 1.82) is 0 Å². The molecule has 5 heteroatoms. The second-order valence-electron chi connectivity index (χ2n) is 11.9. The average Bonchev–Trinajstić information content (AvgIpc) is 3.02. The number of ketones is 1. The van der Waals surface area contributed by atoms with Gasteiger partial charge in [0.15, 0.2) is 5.78 Å². The summed E-state index contributed by atoms with van der Waals surface area (Å²) in [6.45, 7) is 1.98. The molecule has 0 radical (unpaired) electrons. The van der Waals surface area contributed by atoms with Crippen LogP contribution in [-0.4, -0.2) is 30.4 Å². The van der Waals surface area contributed by atoms with E-state index < -0.39 is 0 Å². The molecule has 0 amide bonds. The standard InChI is InChI=1S/C37H60N2OS2/c40-37(33-21-25-35(26-22-33)38-29-17-13-9-5-1-3-7-11-15-19-31-41)34-23-27-36(28-24-34)39-30-18-14-10-6-2-4-8-12-16-20-32-42/h21-28,38-39,41-42H,1-20,29-32H2. The second kappa shape index (κ2) is 25.9. The summed E-state index contributed by atoms with van der Waals surface area (Å²) in [7, 11) is 0. The predicted molar refractivity (Wildman–Crippen MR) is 193 cm³/mol. The Kier molecular flexibility index (Phi) is 22.5. The molecule has 0 atom stereocenters. The van der Waals surface area contributed by atoms with E-state index in [-0.39, 0.29) is 5.78 Å². The molecule has 0 spiro atoms. The first-order chi connectivity index (χ1) is 20.7. The van der Waals surface area contributed by atoms with Gasteiger partial charge in [-0.15, -0.1) is 0 Å². The average molecular weight is 613 g/mol. The van der Waals surface area contributed by atoms with Crippen LogP contribution >= 0.6 is 25.3 Å². The molecule has 0 aromatic heterocycles. The molecule has 0 saturated carbocycles. The van der Waals surface area contributed by atoms with Gasteiger partial charge in [-0.25, -0.2) is 0 Å². The summed E-state index contributed by atoms with van der Waals surface area (Å²) in [4.78, 5) is 13.0. The van der Waals surface area contributed by atoms with E-state index in [0.717, 1.165) is 47.1 Å². The highest BCUT2D eigenvalue weighted by atomic mass is 32.1. The summed E-state index contributed by atoms with van der Waals surface area (Å²) in [6.07, 6.45) is 26.6. The molecule has 0 unspecified atom stereocenters.